The molecule has 0 atom stereocenters. The molecule has 0 spiro atoms. The van der Waals surface area contributed by atoms with Crippen LogP contribution in [0.2, 0.25) is 0 Å². The monoisotopic (exact) mass is 135 g/mol. The molecule has 0 aromatic heterocycles. The van der Waals surface area contributed by atoms with E-state index in [-0.39, 0.29) is 17.1 Å². The Morgan fingerprint density at radius 1 is 1.83 bits per heavy atom. The van der Waals surface area contributed by atoms with Gasteiger partial charge in [0.05, 0.1) is 0 Å². The van der Waals surface area contributed by atoms with Crippen LogP contribution in [-0.4, -0.2) is 11.1 Å². The van der Waals surface area contributed by atoms with E-state index in [0.717, 1.165) is 6.08 Å². The molecule has 2 nitrogen and oxygen atoms in total. The summed E-state index contributed by atoms with van der Waals surface area (Å²) in [5, 5.41) is 7.60. The molecule has 0 fully saturated rings. The summed E-state index contributed by atoms with van der Waals surface area (Å²) in [5.41, 5.74) is 0. The van der Waals surface area contributed by atoms with Gasteiger partial charge in [-0.05, 0) is 0 Å². The van der Waals surface area contributed by atoms with Gasteiger partial charge in [0, 0.05) is 23.1 Å². The Morgan fingerprint density at radius 3 is 2.00 bits per heavy atom. The Balaban J connectivity index is 0. The van der Waals surface area contributed by atoms with Crippen LogP contribution < -0.4 is 0 Å². The van der Waals surface area contributed by atoms with Gasteiger partial charge in [-0.15, -0.1) is 0 Å². The van der Waals surface area contributed by atoms with Crippen LogP contribution in [-0.2, 0) is 21.9 Å². The van der Waals surface area contributed by atoms with Gasteiger partial charge < -0.3 is 5.11 Å². The minimum Gasteiger partial charge on any atom is -0.478 e. The second-order valence-corrected chi connectivity index (χ2v) is 0.542. The first-order valence-electron chi connectivity index (χ1n) is 1.12. The molecular formula is C3H4CuO2. The van der Waals surface area contributed by atoms with E-state index in [4.69, 9.17) is 5.11 Å². The summed E-state index contributed by atoms with van der Waals surface area (Å²) in [5.74, 6) is -0.981. The zero-order valence-corrected chi connectivity index (χ0v) is 3.88. The zero-order valence-electron chi connectivity index (χ0n) is 2.94. The topological polar surface area (TPSA) is 37.3 Å². The van der Waals surface area contributed by atoms with Crippen molar-refractivity contribution >= 4 is 5.97 Å². The molecule has 1 radical (unpaired) electrons. The summed E-state index contributed by atoms with van der Waals surface area (Å²) in [6.07, 6.45) is 0.833. The molecule has 0 aliphatic carbocycles. The second kappa shape index (κ2) is 4.73. The Hall–Kier alpha value is -0.271. The van der Waals surface area contributed by atoms with Crippen molar-refractivity contribution in [1.82, 2.24) is 0 Å². The van der Waals surface area contributed by atoms with E-state index in [1.165, 1.54) is 0 Å². The molecule has 3 heteroatoms. The smallest absolute Gasteiger partial charge is 0.327 e. The molecule has 0 heterocycles. The first-order valence-corrected chi connectivity index (χ1v) is 1.12. The Bertz CT molecular complexity index is 59.8. The van der Waals surface area contributed by atoms with E-state index in [1.54, 1.807) is 0 Å². The van der Waals surface area contributed by atoms with Crippen molar-refractivity contribution < 1.29 is 27.0 Å². The summed E-state index contributed by atoms with van der Waals surface area (Å²) >= 11 is 0. The summed E-state index contributed by atoms with van der Waals surface area (Å²) < 4.78 is 0. The van der Waals surface area contributed by atoms with Crippen LogP contribution in [0.5, 0.6) is 0 Å². The Labute approximate surface area is 46.3 Å². The molecule has 0 aromatic carbocycles. The first kappa shape index (κ1) is 9.21. The third-order valence-corrected chi connectivity index (χ3v) is 0.175. The van der Waals surface area contributed by atoms with Crippen LogP contribution >= 0.6 is 0 Å². The summed E-state index contributed by atoms with van der Waals surface area (Å²) in [4.78, 5) is 9.25. The van der Waals surface area contributed by atoms with Gasteiger partial charge in [-0.3, -0.25) is 0 Å². The average Bonchev–Trinajstić information content (AvgIpc) is 1.38. The molecule has 39 valence electrons. The Kier molecular flexibility index (Phi) is 7.26. The van der Waals surface area contributed by atoms with Gasteiger partial charge in [0.2, 0.25) is 0 Å². The predicted molar refractivity (Wildman–Crippen MR) is 17.8 cm³/mol. The molecule has 1 N–H and O–H groups in total. The minimum atomic E-state index is -0.981. The van der Waals surface area contributed by atoms with Crippen LogP contribution in [0.4, 0.5) is 0 Å². The Morgan fingerprint density at radius 2 is 2.00 bits per heavy atom. The van der Waals surface area contributed by atoms with Crippen LogP contribution in [0.25, 0.3) is 0 Å². The SMILES string of the molecule is C=CC(=O)O.[Cu]. The van der Waals surface area contributed by atoms with Crippen molar-refractivity contribution in [3.63, 3.8) is 0 Å². The molecule has 0 aliphatic heterocycles. The van der Waals surface area contributed by atoms with Gasteiger partial charge in [0.15, 0.2) is 0 Å². The largest absolute Gasteiger partial charge is 0.478 e. The summed E-state index contributed by atoms with van der Waals surface area (Å²) in [7, 11) is 0. The number of carboxylic acid groups (broad SMARTS) is 1. The van der Waals surface area contributed by atoms with Crippen molar-refractivity contribution in [3.8, 4) is 0 Å². The number of aliphatic carboxylic acids is 1. The summed E-state index contributed by atoms with van der Waals surface area (Å²) in [6.45, 7) is 2.96. The van der Waals surface area contributed by atoms with Crippen molar-refractivity contribution in [3.05, 3.63) is 12.7 Å². The molecule has 0 saturated carbocycles. The molecule has 0 aromatic rings. The quantitative estimate of drug-likeness (QED) is 0.414. The predicted octanol–water partition coefficient (Wildman–Crippen LogP) is 0.254. The molecule has 0 amide bonds. The molecular weight excluding hydrogens is 132 g/mol. The third kappa shape index (κ3) is 9.29. The van der Waals surface area contributed by atoms with E-state index >= 15 is 0 Å². The molecule has 0 aliphatic rings. The third-order valence-electron chi connectivity index (χ3n) is 0.175. The maximum absolute atomic E-state index is 9.25. The van der Waals surface area contributed by atoms with Gasteiger partial charge >= 0.3 is 5.97 Å². The number of hydrogen-bond donors (Lipinski definition) is 1. The normalized spacial score (nSPS) is 5.33. The van der Waals surface area contributed by atoms with Crippen molar-refractivity contribution in [2.45, 2.75) is 0 Å². The molecule has 0 saturated heterocycles. The molecule has 0 unspecified atom stereocenters. The van der Waals surface area contributed by atoms with Crippen LogP contribution in [0.1, 0.15) is 0 Å². The van der Waals surface area contributed by atoms with E-state index in [0.29, 0.717) is 0 Å². The maximum Gasteiger partial charge on any atom is 0.327 e. The fourth-order valence-electron chi connectivity index (χ4n) is 0. The number of carboxylic acids is 1. The summed E-state index contributed by atoms with van der Waals surface area (Å²) in [6, 6.07) is 0. The van der Waals surface area contributed by atoms with E-state index in [2.05, 4.69) is 6.58 Å². The fourth-order valence-corrected chi connectivity index (χ4v) is 0. The van der Waals surface area contributed by atoms with E-state index < -0.39 is 5.97 Å². The van der Waals surface area contributed by atoms with E-state index in [9.17, 15) is 4.79 Å². The van der Waals surface area contributed by atoms with Crippen LogP contribution in [0, 0.1) is 0 Å². The number of rotatable bonds is 1. The molecule has 0 bridgehead atoms. The number of hydrogen-bond acceptors (Lipinski definition) is 1. The minimum absolute atomic E-state index is 0. The van der Waals surface area contributed by atoms with Gasteiger partial charge in [-0.25, -0.2) is 4.79 Å². The van der Waals surface area contributed by atoms with E-state index in [1.807, 2.05) is 0 Å². The molecule has 0 rings (SSSR count). The van der Waals surface area contributed by atoms with Crippen molar-refractivity contribution in [2.75, 3.05) is 0 Å². The maximum atomic E-state index is 9.25. The number of carbonyl (C=O) groups is 1. The van der Waals surface area contributed by atoms with Crippen LogP contribution in [0.3, 0.4) is 0 Å². The van der Waals surface area contributed by atoms with Crippen molar-refractivity contribution in [1.29, 1.82) is 0 Å². The van der Waals surface area contributed by atoms with Gasteiger partial charge in [0.25, 0.3) is 0 Å². The standard InChI is InChI=1S/C3H4O2.Cu/c1-2-3(4)5;/h2H,1H2,(H,4,5);. The first-order chi connectivity index (χ1) is 2.27. The molecule has 6 heavy (non-hydrogen) atoms. The van der Waals surface area contributed by atoms with Crippen LogP contribution in [0.15, 0.2) is 12.7 Å². The average molecular weight is 136 g/mol. The second-order valence-electron chi connectivity index (χ2n) is 0.542. The zero-order chi connectivity index (χ0) is 4.28. The van der Waals surface area contributed by atoms with Gasteiger partial charge in [-0.2, -0.15) is 0 Å². The van der Waals surface area contributed by atoms with Gasteiger partial charge in [0.1, 0.15) is 0 Å². The van der Waals surface area contributed by atoms with Gasteiger partial charge in [-0.1, -0.05) is 6.58 Å². The fraction of sp³-hybridized carbons (Fsp3) is 0. The van der Waals surface area contributed by atoms with Crippen molar-refractivity contribution in [2.24, 2.45) is 0 Å².